The third-order valence-electron chi connectivity index (χ3n) is 4.82. The predicted octanol–water partition coefficient (Wildman–Crippen LogP) is 2.12. The number of amides is 1. The van der Waals surface area contributed by atoms with E-state index < -0.39 is 0 Å². The summed E-state index contributed by atoms with van der Waals surface area (Å²) in [5.74, 6) is 0.864. The second kappa shape index (κ2) is 13.1. The van der Waals surface area contributed by atoms with Crippen molar-refractivity contribution in [2.45, 2.75) is 19.9 Å². The lowest BCUT2D eigenvalue weighted by atomic mass is 10.1. The van der Waals surface area contributed by atoms with Crippen LogP contribution in [-0.4, -0.2) is 26.2 Å². The van der Waals surface area contributed by atoms with Gasteiger partial charge in [0.2, 0.25) is 0 Å². The van der Waals surface area contributed by atoms with Crippen molar-refractivity contribution in [3.8, 4) is 11.5 Å². The number of benzene rings is 3. The fraction of sp³-hybridized carbons (Fsp3) is 0.240. The molecule has 0 fully saturated rings. The summed E-state index contributed by atoms with van der Waals surface area (Å²) in [6.07, 6.45) is 0.969. The Kier molecular flexibility index (Phi) is 10.5. The van der Waals surface area contributed by atoms with E-state index in [1.807, 2.05) is 49.4 Å². The molecule has 7 heteroatoms. The van der Waals surface area contributed by atoms with Gasteiger partial charge in [-0.3, -0.25) is 4.79 Å². The van der Waals surface area contributed by atoms with Crippen molar-refractivity contribution >= 4 is 27.5 Å². The number of carbonyl (C=O) groups excluding carboxylic acids is 1. The van der Waals surface area contributed by atoms with Gasteiger partial charge in [-0.1, -0.05) is 48.5 Å². The monoisotopic (exact) mass is 517 g/mol. The van der Waals surface area contributed by atoms with E-state index in [-0.39, 0.29) is 24.9 Å². The molecular formula is C25H27BrClN2O3-. The second-order valence-electron chi connectivity index (χ2n) is 7.17. The van der Waals surface area contributed by atoms with Crippen molar-refractivity contribution in [1.82, 2.24) is 5.32 Å². The summed E-state index contributed by atoms with van der Waals surface area (Å²) >= 11 is 3.55. The number of hydrogen-bond donors (Lipinski definition) is 2. The minimum Gasteiger partial charge on any atom is -1.00 e. The van der Waals surface area contributed by atoms with Crippen molar-refractivity contribution in [2.75, 3.05) is 25.6 Å². The Labute approximate surface area is 204 Å². The van der Waals surface area contributed by atoms with E-state index in [1.54, 1.807) is 7.11 Å². The molecule has 2 N–H and O–H groups in total. The Hall–Kier alpha value is -2.54. The SMILES string of the molecule is COc1cc(CNCCc2ccccc2)cc(Br)c1OCC(=O)Nc1ccccc1C.[Cl-]. The molecule has 0 aromatic heterocycles. The fourth-order valence-corrected chi connectivity index (χ4v) is 3.77. The molecule has 0 spiro atoms. The van der Waals surface area contributed by atoms with Gasteiger partial charge in [-0.2, -0.15) is 0 Å². The number of aryl methyl sites for hydroxylation is 1. The summed E-state index contributed by atoms with van der Waals surface area (Å²) < 4.78 is 12.0. The number of nitrogens with one attached hydrogen (secondary N) is 2. The first kappa shape index (κ1) is 25.7. The van der Waals surface area contributed by atoms with Gasteiger partial charge in [0.25, 0.3) is 5.91 Å². The minimum atomic E-state index is -0.227. The quantitative estimate of drug-likeness (QED) is 0.404. The number of methoxy groups -OCH3 is 1. The van der Waals surface area contributed by atoms with Crippen LogP contribution in [0.3, 0.4) is 0 Å². The van der Waals surface area contributed by atoms with Gasteiger partial charge in [0, 0.05) is 12.2 Å². The van der Waals surface area contributed by atoms with Gasteiger partial charge < -0.3 is 32.5 Å². The Bertz CT molecular complexity index is 1020. The summed E-state index contributed by atoms with van der Waals surface area (Å²) in [6.45, 7) is 3.41. The smallest absolute Gasteiger partial charge is 0.262 e. The van der Waals surface area contributed by atoms with Crippen LogP contribution in [0.15, 0.2) is 71.2 Å². The number of para-hydroxylation sites is 1. The highest BCUT2D eigenvalue weighted by Gasteiger charge is 2.14. The van der Waals surface area contributed by atoms with Gasteiger partial charge in [-0.05, 0) is 70.7 Å². The van der Waals surface area contributed by atoms with Crippen LogP contribution in [0.1, 0.15) is 16.7 Å². The summed E-state index contributed by atoms with van der Waals surface area (Å²) in [5, 5.41) is 6.32. The average molecular weight is 519 g/mol. The van der Waals surface area contributed by atoms with E-state index in [0.717, 1.165) is 34.3 Å². The summed E-state index contributed by atoms with van der Waals surface area (Å²) in [7, 11) is 1.59. The van der Waals surface area contributed by atoms with Gasteiger partial charge in [0.05, 0.1) is 11.6 Å². The minimum absolute atomic E-state index is 0. The molecule has 32 heavy (non-hydrogen) atoms. The number of hydrogen-bond acceptors (Lipinski definition) is 4. The van der Waals surface area contributed by atoms with Crippen LogP contribution in [0.5, 0.6) is 11.5 Å². The normalized spacial score (nSPS) is 10.2. The maximum Gasteiger partial charge on any atom is 0.262 e. The number of carbonyl (C=O) groups is 1. The van der Waals surface area contributed by atoms with Crippen molar-refractivity contribution in [1.29, 1.82) is 0 Å². The van der Waals surface area contributed by atoms with Crippen LogP contribution >= 0.6 is 15.9 Å². The van der Waals surface area contributed by atoms with Crippen LogP contribution in [0.25, 0.3) is 0 Å². The largest absolute Gasteiger partial charge is 1.00 e. The maximum absolute atomic E-state index is 12.3. The number of anilines is 1. The third kappa shape index (κ3) is 7.55. The molecule has 3 rings (SSSR count). The molecule has 1 amide bonds. The first-order valence-electron chi connectivity index (χ1n) is 10.2. The van der Waals surface area contributed by atoms with Crippen LogP contribution in [0, 0.1) is 6.92 Å². The lowest BCUT2D eigenvalue weighted by Gasteiger charge is -2.15. The molecule has 0 saturated carbocycles. The van der Waals surface area contributed by atoms with Crippen molar-refractivity contribution in [3.05, 3.63) is 87.9 Å². The average Bonchev–Trinajstić information content (AvgIpc) is 2.78. The topological polar surface area (TPSA) is 59.6 Å². The molecule has 0 aliphatic heterocycles. The standard InChI is InChI=1S/C25H27BrN2O3.ClH/c1-18-8-6-7-11-22(18)28-24(29)17-31-25-21(26)14-20(15-23(25)30-2)16-27-13-12-19-9-4-3-5-10-19;/h3-11,14-15,27H,12-13,16-17H2,1-2H3,(H,28,29);1H/p-1. The summed E-state index contributed by atoms with van der Waals surface area (Å²) in [5.41, 5.74) is 4.15. The van der Waals surface area contributed by atoms with Gasteiger partial charge in [0.15, 0.2) is 18.1 Å². The number of halogens is 2. The van der Waals surface area contributed by atoms with E-state index in [1.165, 1.54) is 5.56 Å². The first-order chi connectivity index (χ1) is 15.1. The summed E-state index contributed by atoms with van der Waals surface area (Å²) in [6, 6.07) is 21.9. The van der Waals surface area contributed by atoms with Crippen LogP contribution < -0.4 is 32.5 Å². The maximum atomic E-state index is 12.3. The zero-order chi connectivity index (χ0) is 22.1. The van der Waals surface area contributed by atoms with Gasteiger partial charge in [-0.25, -0.2) is 0 Å². The first-order valence-corrected chi connectivity index (χ1v) is 11.0. The Balaban J connectivity index is 0.00000363. The molecule has 0 aliphatic rings. The van der Waals surface area contributed by atoms with Crippen molar-refractivity contribution in [2.24, 2.45) is 0 Å². The number of rotatable bonds is 10. The Morgan fingerprint density at radius 3 is 2.44 bits per heavy atom. The van der Waals surface area contributed by atoms with Crippen LogP contribution in [0.4, 0.5) is 5.69 Å². The predicted molar refractivity (Wildman–Crippen MR) is 128 cm³/mol. The van der Waals surface area contributed by atoms with Gasteiger partial charge in [-0.15, -0.1) is 0 Å². The highest BCUT2D eigenvalue weighted by atomic mass is 79.9. The van der Waals surface area contributed by atoms with Crippen molar-refractivity contribution in [3.63, 3.8) is 0 Å². The molecule has 0 unspecified atom stereocenters. The molecule has 0 bridgehead atoms. The number of ether oxygens (including phenoxy) is 2. The molecule has 0 aliphatic carbocycles. The lowest BCUT2D eigenvalue weighted by Crippen LogP contribution is -3.00. The van der Waals surface area contributed by atoms with Gasteiger partial charge >= 0.3 is 0 Å². The highest BCUT2D eigenvalue weighted by molar-refractivity contribution is 9.10. The van der Waals surface area contributed by atoms with Crippen molar-refractivity contribution < 1.29 is 26.7 Å². The zero-order valence-corrected chi connectivity index (χ0v) is 20.5. The molecular weight excluding hydrogens is 492 g/mol. The lowest BCUT2D eigenvalue weighted by molar-refractivity contribution is -0.118. The van der Waals surface area contributed by atoms with E-state index in [4.69, 9.17) is 9.47 Å². The molecule has 5 nitrogen and oxygen atoms in total. The molecule has 0 heterocycles. The summed E-state index contributed by atoms with van der Waals surface area (Å²) in [4.78, 5) is 12.3. The molecule has 3 aromatic rings. The fourth-order valence-electron chi connectivity index (χ4n) is 3.16. The molecule has 3 aromatic carbocycles. The molecule has 0 saturated heterocycles. The van der Waals surface area contributed by atoms with E-state index >= 15 is 0 Å². The second-order valence-corrected chi connectivity index (χ2v) is 8.03. The zero-order valence-electron chi connectivity index (χ0n) is 18.2. The Morgan fingerprint density at radius 2 is 1.72 bits per heavy atom. The van der Waals surface area contributed by atoms with Gasteiger partial charge in [0.1, 0.15) is 0 Å². The highest BCUT2D eigenvalue weighted by Crippen LogP contribution is 2.36. The van der Waals surface area contributed by atoms with E-state index in [2.05, 4.69) is 50.8 Å². The molecule has 0 radical (unpaired) electrons. The molecule has 0 atom stereocenters. The van der Waals surface area contributed by atoms with E-state index in [0.29, 0.717) is 18.0 Å². The Morgan fingerprint density at radius 1 is 1.00 bits per heavy atom. The van der Waals surface area contributed by atoms with E-state index in [9.17, 15) is 4.79 Å². The van der Waals surface area contributed by atoms with Crippen LogP contribution in [0.2, 0.25) is 0 Å². The third-order valence-corrected chi connectivity index (χ3v) is 5.41. The molecule has 170 valence electrons. The van der Waals surface area contributed by atoms with Crippen LogP contribution in [-0.2, 0) is 17.8 Å².